The van der Waals surface area contributed by atoms with Crippen molar-refractivity contribution in [3.05, 3.63) is 23.8 Å². The quantitative estimate of drug-likeness (QED) is 0.752. The number of carbonyl (C=O) groups excluding carboxylic acids is 1. The van der Waals surface area contributed by atoms with Crippen LogP contribution in [0.4, 0.5) is 0 Å². The van der Waals surface area contributed by atoms with Crippen LogP contribution in [0.1, 0.15) is 37.3 Å². The van der Waals surface area contributed by atoms with E-state index >= 15 is 0 Å². The number of rotatable bonds is 8. The number of aliphatic carboxylic acids is 1. The van der Waals surface area contributed by atoms with Gasteiger partial charge in [-0.25, -0.2) is 0 Å². The molecule has 7 nitrogen and oxygen atoms in total. The van der Waals surface area contributed by atoms with Crippen molar-refractivity contribution in [2.45, 2.75) is 37.8 Å². The molecule has 2 N–H and O–H groups in total. The molecular formula is C17H23NO6. The summed E-state index contributed by atoms with van der Waals surface area (Å²) < 4.78 is 15.9. The molecule has 1 aromatic carbocycles. The Hall–Kier alpha value is -2.28. The van der Waals surface area contributed by atoms with Crippen molar-refractivity contribution in [3.63, 3.8) is 0 Å². The molecule has 24 heavy (non-hydrogen) atoms. The Morgan fingerprint density at radius 2 is 2.08 bits per heavy atom. The van der Waals surface area contributed by atoms with E-state index in [0.717, 1.165) is 12.8 Å². The summed E-state index contributed by atoms with van der Waals surface area (Å²) in [5.41, 5.74) is 0.649. The zero-order valence-electron chi connectivity index (χ0n) is 13.9. The van der Waals surface area contributed by atoms with Gasteiger partial charge >= 0.3 is 5.97 Å². The monoisotopic (exact) mass is 337 g/mol. The van der Waals surface area contributed by atoms with Crippen LogP contribution in [-0.4, -0.2) is 43.9 Å². The third kappa shape index (κ3) is 4.86. The van der Waals surface area contributed by atoms with E-state index in [-0.39, 0.29) is 24.9 Å². The maximum Gasteiger partial charge on any atom is 0.305 e. The van der Waals surface area contributed by atoms with Crippen LogP contribution in [0.15, 0.2) is 18.2 Å². The highest BCUT2D eigenvalue weighted by Crippen LogP contribution is 2.31. The Balaban J connectivity index is 2.12. The minimum atomic E-state index is -0.993. The first-order chi connectivity index (χ1) is 11.5. The first-order valence-electron chi connectivity index (χ1n) is 7.88. The first kappa shape index (κ1) is 18.1. The normalized spacial score (nSPS) is 18.0. The van der Waals surface area contributed by atoms with Gasteiger partial charge in [-0.05, 0) is 30.5 Å². The zero-order chi connectivity index (χ0) is 17.5. The van der Waals surface area contributed by atoms with Crippen molar-refractivity contribution in [2.24, 2.45) is 0 Å². The molecule has 0 aliphatic carbocycles. The molecule has 1 saturated heterocycles. The summed E-state index contributed by atoms with van der Waals surface area (Å²) in [6, 6.07) is 4.45. The van der Waals surface area contributed by atoms with Gasteiger partial charge in [0.25, 0.3) is 0 Å². The van der Waals surface area contributed by atoms with Crippen LogP contribution in [-0.2, 0) is 14.3 Å². The fourth-order valence-electron chi connectivity index (χ4n) is 2.76. The van der Waals surface area contributed by atoms with Crippen molar-refractivity contribution in [3.8, 4) is 11.5 Å². The maximum absolute atomic E-state index is 12.2. The van der Waals surface area contributed by atoms with Gasteiger partial charge in [-0.3, -0.25) is 9.59 Å². The van der Waals surface area contributed by atoms with E-state index in [9.17, 15) is 9.59 Å². The third-order valence-corrected chi connectivity index (χ3v) is 3.96. The highest BCUT2D eigenvalue weighted by atomic mass is 16.5. The van der Waals surface area contributed by atoms with Crippen LogP contribution >= 0.6 is 0 Å². The summed E-state index contributed by atoms with van der Waals surface area (Å²) >= 11 is 0. The molecule has 0 spiro atoms. The average Bonchev–Trinajstić information content (AvgIpc) is 3.05. The molecule has 132 valence electrons. The Bertz CT molecular complexity index is 582. The summed E-state index contributed by atoms with van der Waals surface area (Å²) in [5, 5.41) is 11.9. The Kier molecular flexibility index (Phi) is 6.43. The van der Waals surface area contributed by atoms with Crippen LogP contribution < -0.4 is 14.8 Å². The van der Waals surface area contributed by atoms with Gasteiger partial charge in [-0.2, -0.15) is 0 Å². The molecule has 1 aromatic rings. The summed E-state index contributed by atoms with van der Waals surface area (Å²) in [5.74, 6) is -0.185. The second-order valence-corrected chi connectivity index (χ2v) is 5.67. The molecule has 1 aliphatic heterocycles. The fraction of sp³-hybridized carbons (Fsp3) is 0.529. The molecule has 2 rings (SSSR count). The van der Waals surface area contributed by atoms with Crippen LogP contribution in [0.2, 0.25) is 0 Å². The molecule has 0 aromatic heterocycles. The first-order valence-corrected chi connectivity index (χ1v) is 7.88. The van der Waals surface area contributed by atoms with Crippen molar-refractivity contribution in [2.75, 3.05) is 20.8 Å². The lowest BCUT2D eigenvalue weighted by Crippen LogP contribution is -2.32. The summed E-state index contributed by atoms with van der Waals surface area (Å²) in [6.07, 6.45) is 1.75. The standard InChI is InChI=1S/C17H23NO6/c1-22-14-6-5-11(8-15(14)23-2)13(10-17(20)21)18-16(19)9-12-4-3-7-24-12/h5-6,8,12-13H,3-4,7,9-10H2,1-2H3,(H,18,19)(H,20,21). The second kappa shape index (κ2) is 8.54. The number of carboxylic acids is 1. The minimum absolute atomic E-state index is 0.0825. The van der Waals surface area contributed by atoms with E-state index in [0.29, 0.717) is 23.7 Å². The number of hydrogen-bond donors (Lipinski definition) is 2. The third-order valence-electron chi connectivity index (χ3n) is 3.96. The van der Waals surface area contributed by atoms with Gasteiger partial charge in [0.1, 0.15) is 0 Å². The molecule has 2 unspecified atom stereocenters. The van der Waals surface area contributed by atoms with Crippen molar-refractivity contribution < 1.29 is 28.9 Å². The lowest BCUT2D eigenvalue weighted by Gasteiger charge is -2.20. The fourth-order valence-corrected chi connectivity index (χ4v) is 2.76. The predicted molar refractivity (Wildman–Crippen MR) is 86.3 cm³/mol. The number of benzene rings is 1. The van der Waals surface area contributed by atoms with Gasteiger partial charge in [0.05, 0.1) is 39.2 Å². The van der Waals surface area contributed by atoms with Gasteiger partial charge in [0.2, 0.25) is 5.91 Å². The molecule has 1 heterocycles. The van der Waals surface area contributed by atoms with Crippen molar-refractivity contribution in [1.29, 1.82) is 0 Å². The molecule has 1 aliphatic rings. The van der Waals surface area contributed by atoms with E-state index in [2.05, 4.69) is 5.32 Å². The zero-order valence-corrected chi connectivity index (χ0v) is 13.9. The lowest BCUT2D eigenvalue weighted by molar-refractivity contribution is -0.137. The smallest absolute Gasteiger partial charge is 0.305 e. The van der Waals surface area contributed by atoms with E-state index in [4.69, 9.17) is 19.3 Å². The molecular weight excluding hydrogens is 314 g/mol. The van der Waals surface area contributed by atoms with Crippen LogP contribution in [0.25, 0.3) is 0 Å². The van der Waals surface area contributed by atoms with Gasteiger partial charge in [0.15, 0.2) is 11.5 Å². The second-order valence-electron chi connectivity index (χ2n) is 5.67. The molecule has 7 heteroatoms. The van der Waals surface area contributed by atoms with E-state index in [1.165, 1.54) is 14.2 Å². The molecule has 0 bridgehead atoms. The number of carboxylic acid groups (broad SMARTS) is 1. The van der Waals surface area contributed by atoms with Crippen LogP contribution in [0, 0.1) is 0 Å². The lowest BCUT2D eigenvalue weighted by atomic mass is 10.0. The Morgan fingerprint density at radius 3 is 2.67 bits per heavy atom. The number of ether oxygens (including phenoxy) is 3. The van der Waals surface area contributed by atoms with E-state index in [1.54, 1.807) is 18.2 Å². The minimum Gasteiger partial charge on any atom is -0.493 e. The topological polar surface area (TPSA) is 94.1 Å². The number of methoxy groups -OCH3 is 2. The highest BCUT2D eigenvalue weighted by molar-refractivity contribution is 5.78. The van der Waals surface area contributed by atoms with Crippen LogP contribution in [0.3, 0.4) is 0 Å². The molecule has 1 fully saturated rings. The average molecular weight is 337 g/mol. The summed E-state index contributed by atoms with van der Waals surface area (Å²) in [7, 11) is 3.03. The van der Waals surface area contributed by atoms with Gasteiger partial charge in [-0.15, -0.1) is 0 Å². The van der Waals surface area contributed by atoms with Gasteiger partial charge in [0, 0.05) is 6.61 Å². The molecule has 0 radical (unpaired) electrons. The largest absolute Gasteiger partial charge is 0.493 e. The molecule has 1 amide bonds. The number of amides is 1. The number of nitrogens with one attached hydrogen (secondary N) is 1. The van der Waals surface area contributed by atoms with Crippen LogP contribution in [0.5, 0.6) is 11.5 Å². The van der Waals surface area contributed by atoms with Crippen molar-refractivity contribution >= 4 is 11.9 Å². The van der Waals surface area contributed by atoms with Gasteiger partial charge < -0.3 is 24.6 Å². The Labute approximate surface area is 140 Å². The number of carbonyl (C=O) groups is 2. The summed E-state index contributed by atoms with van der Waals surface area (Å²) in [6.45, 7) is 0.673. The summed E-state index contributed by atoms with van der Waals surface area (Å²) in [4.78, 5) is 23.4. The molecule has 2 atom stereocenters. The van der Waals surface area contributed by atoms with E-state index in [1.807, 2.05) is 0 Å². The number of hydrogen-bond acceptors (Lipinski definition) is 5. The maximum atomic E-state index is 12.2. The predicted octanol–water partition coefficient (Wildman–Crippen LogP) is 1.90. The van der Waals surface area contributed by atoms with Crippen molar-refractivity contribution in [1.82, 2.24) is 5.32 Å². The van der Waals surface area contributed by atoms with E-state index < -0.39 is 12.0 Å². The highest BCUT2D eigenvalue weighted by Gasteiger charge is 2.23. The molecule has 0 saturated carbocycles. The van der Waals surface area contributed by atoms with Gasteiger partial charge in [-0.1, -0.05) is 6.07 Å². The Morgan fingerprint density at radius 1 is 1.33 bits per heavy atom. The SMILES string of the molecule is COc1ccc(C(CC(=O)O)NC(=O)CC2CCCO2)cc1OC.